The summed E-state index contributed by atoms with van der Waals surface area (Å²) in [4.78, 5) is 29.6. The molecule has 0 saturated heterocycles. The van der Waals surface area contributed by atoms with Crippen molar-refractivity contribution in [2.24, 2.45) is 4.99 Å². The van der Waals surface area contributed by atoms with E-state index in [4.69, 9.17) is 4.42 Å². The molecule has 8 nitrogen and oxygen atoms in total. The Morgan fingerprint density at radius 2 is 1.70 bits per heavy atom. The number of aryl methyl sites for hydroxylation is 1. The largest absolute Gasteiger partial charge is 0.459 e. The molecule has 30 heavy (non-hydrogen) atoms. The second kappa shape index (κ2) is 12.9. The van der Waals surface area contributed by atoms with Crippen molar-refractivity contribution in [3.8, 4) is 0 Å². The van der Waals surface area contributed by atoms with Gasteiger partial charge in [-0.1, -0.05) is 12.1 Å². The van der Waals surface area contributed by atoms with Gasteiger partial charge in [-0.15, -0.1) is 24.0 Å². The third-order valence-electron chi connectivity index (χ3n) is 4.29. The van der Waals surface area contributed by atoms with E-state index >= 15 is 0 Å². The van der Waals surface area contributed by atoms with E-state index in [2.05, 4.69) is 20.9 Å². The van der Waals surface area contributed by atoms with Crippen molar-refractivity contribution in [1.82, 2.24) is 20.9 Å². The van der Waals surface area contributed by atoms with Crippen LogP contribution in [0.3, 0.4) is 0 Å². The highest BCUT2D eigenvalue weighted by atomic mass is 127. The van der Waals surface area contributed by atoms with E-state index < -0.39 is 0 Å². The van der Waals surface area contributed by atoms with Crippen LogP contribution in [-0.2, 0) is 6.54 Å². The lowest BCUT2D eigenvalue weighted by atomic mass is 10.1. The Morgan fingerprint density at radius 1 is 1.03 bits per heavy atom. The molecule has 3 N–H and O–H groups in total. The number of aliphatic imine (C=N–C) groups is 1. The fraction of sp³-hybridized carbons (Fsp3) is 0.381. The molecule has 2 amide bonds. The second-order valence-corrected chi connectivity index (χ2v) is 6.79. The van der Waals surface area contributed by atoms with E-state index in [1.165, 1.54) is 6.26 Å². The predicted octanol–water partition coefficient (Wildman–Crippen LogP) is 2.39. The number of carbonyl (C=O) groups excluding carboxylic acids is 2. The number of hydrogen-bond acceptors (Lipinski definition) is 4. The number of halogens is 1. The van der Waals surface area contributed by atoms with E-state index in [1.807, 2.05) is 31.2 Å². The van der Waals surface area contributed by atoms with Crippen LogP contribution in [0.1, 0.15) is 38.5 Å². The van der Waals surface area contributed by atoms with Crippen LogP contribution < -0.4 is 16.0 Å². The first-order chi connectivity index (χ1) is 13.9. The van der Waals surface area contributed by atoms with Crippen LogP contribution in [0.5, 0.6) is 0 Å². The second-order valence-electron chi connectivity index (χ2n) is 6.79. The van der Waals surface area contributed by atoms with Gasteiger partial charge in [0.15, 0.2) is 11.7 Å². The summed E-state index contributed by atoms with van der Waals surface area (Å²) in [7, 11) is 5.17. The first-order valence-electron chi connectivity index (χ1n) is 9.49. The van der Waals surface area contributed by atoms with Gasteiger partial charge in [-0.25, -0.2) is 0 Å². The Labute approximate surface area is 194 Å². The molecule has 0 saturated carbocycles. The smallest absolute Gasteiger partial charge is 0.287 e. The Balaban J connectivity index is 0.00000450. The zero-order chi connectivity index (χ0) is 21.2. The van der Waals surface area contributed by atoms with Crippen molar-refractivity contribution < 1.29 is 14.0 Å². The van der Waals surface area contributed by atoms with Crippen molar-refractivity contribution in [3.63, 3.8) is 0 Å². The summed E-state index contributed by atoms with van der Waals surface area (Å²) in [5.74, 6) is 0.808. The Kier molecular flexibility index (Phi) is 10.9. The molecule has 1 heterocycles. The fourth-order valence-corrected chi connectivity index (χ4v) is 2.61. The van der Waals surface area contributed by atoms with Gasteiger partial charge in [0.1, 0.15) is 0 Å². The lowest BCUT2D eigenvalue weighted by molar-refractivity contribution is 0.0827. The molecule has 2 aromatic rings. The minimum absolute atomic E-state index is 0. The van der Waals surface area contributed by atoms with Crippen LogP contribution in [0, 0.1) is 6.92 Å². The number of nitrogens with one attached hydrogen (secondary N) is 3. The number of furan rings is 1. The number of carbonyl (C=O) groups is 2. The van der Waals surface area contributed by atoms with E-state index in [-0.39, 0.29) is 35.8 Å². The van der Waals surface area contributed by atoms with Gasteiger partial charge in [0.05, 0.1) is 6.26 Å². The maximum atomic E-state index is 12.0. The van der Waals surface area contributed by atoms with Crippen molar-refractivity contribution in [2.75, 3.05) is 34.2 Å². The number of guanidine groups is 1. The number of benzene rings is 1. The Morgan fingerprint density at radius 3 is 2.27 bits per heavy atom. The van der Waals surface area contributed by atoms with E-state index in [1.54, 1.807) is 32.1 Å². The number of rotatable bonds is 8. The monoisotopic (exact) mass is 527 g/mol. The van der Waals surface area contributed by atoms with Crippen LogP contribution in [-0.4, -0.2) is 56.9 Å². The molecule has 1 aromatic heterocycles. The summed E-state index contributed by atoms with van der Waals surface area (Å²) in [5.41, 5.74) is 2.53. The SMILES string of the molecule is CN=C(NCCCNC(=O)c1occc1C)NCc1ccc(C(=O)N(C)C)cc1.I. The van der Waals surface area contributed by atoms with Gasteiger partial charge in [-0.2, -0.15) is 0 Å². The van der Waals surface area contributed by atoms with Gasteiger partial charge in [0.25, 0.3) is 11.8 Å². The van der Waals surface area contributed by atoms with Gasteiger partial charge in [0.2, 0.25) is 0 Å². The quantitative estimate of drug-likeness (QED) is 0.212. The molecule has 0 aliphatic rings. The molecular formula is C21H30IN5O3. The summed E-state index contributed by atoms with van der Waals surface area (Å²) in [6.45, 7) is 3.62. The molecule has 0 aliphatic heterocycles. The lowest BCUT2D eigenvalue weighted by Crippen LogP contribution is -2.38. The molecule has 0 atom stereocenters. The minimum atomic E-state index is -0.203. The Hall–Kier alpha value is -2.56. The summed E-state index contributed by atoms with van der Waals surface area (Å²) in [6.07, 6.45) is 2.25. The average molecular weight is 527 g/mol. The molecule has 0 bridgehead atoms. The molecule has 164 valence electrons. The minimum Gasteiger partial charge on any atom is -0.459 e. The van der Waals surface area contributed by atoms with E-state index in [0.29, 0.717) is 36.9 Å². The molecule has 2 rings (SSSR count). The van der Waals surface area contributed by atoms with Gasteiger partial charge in [-0.05, 0) is 37.1 Å². The van der Waals surface area contributed by atoms with Crippen LogP contribution in [0.15, 0.2) is 46.0 Å². The van der Waals surface area contributed by atoms with Crippen molar-refractivity contribution in [1.29, 1.82) is 0 Å². The number of hydrogen-bond donors (Lipinski definition) is 3. The average Bonchev–Trinajstić information content (AvgIpc) is 3.15. The van der Waals surface area contributed by atoms with Crippen LogP contribution in [0.25, 0.3) is 0 Å². The third-order valence-corrected chi connectivity index (χ3v) is 4.29. The summed E-state index contributed by atoms with van der Waals surface area (Å²) < 4.78 is 5.17. The van der Waals surface area contributed by atoms with Crippen molar-refractivity contribution in [3.05, 3.63) is 59.0 Å². The first-order valence-corrected chi connectivity index (χ1v) is 9.49. The zero-order valence-electron chi connectivity index (χ0n) is 17.8. The van der Waals surface area contributed by atoms with Crippen LogP contribution in [0.4, 0.5) is 0 Å². The van der Waals surface area contributed by atoms with E-state index in [9.17, 15) is 9.59 Å². The molecule has 0 unspecified atom stereocenters. The van der Waals surface area contributed by atoms with Gasteiger partial charge in [-0.3, -0.25) is 14.6 Å². The molecule has 9 heteroatoms. The van der Waals surface area contributed by atoms with Crippen molar-refractivity contribution >= 4 is 41.8 Å². The highest BCUT2D eigenvalue weighted by molar-refractivity contribution is 14.0. The summed E-state index contributed by atoms with van der Waals surface area (Å²) in [5, 5.41) is 9.27. The summed E-state index contributed by atoms with van der Waals surface area (Å²) >= 11 is 0. The number of nitrogens with zero attached hydrogens (tertiary/aromatic N) is 2. The van der Waals surface area contributed by atoms with E-state index in [0.717, 1.165) is 17.5 Å². The predicted molar refractivity (Wildman–Crippen MR) is 128 cm³/mol. The van der Waals surface area contributed by atoms with Gasteiger partial charge < -0.3 is 25.3 Å². The number of amides is 2. The molecule has 0 radical (unpaired) electrons. The van der Waals surface area contributed by atoms with Gasteiger partial charge >= 0.3 is 0 Å². The van der Waals surface area contributed by atoms with Crippen LogP contribution >= 0.6 is 24.0 Å². The first kappa shape index (κ1) is 25.5. The fourth-order valence-electron chi connectivity index (χ4n) is 2.61. The van der Waals surface area contributed by atoms with Crippen molar-refractivity contribution in [2.45, 2.75) is 19.9 Å². The highest BCUT2D eigenvalue weighted by Crippen LogP contribution is 2.08. The standard InChI is InChI=1S/C21H29N5O3.HI/c1-15-10-13-29-18(15)19(27)23-11-5-12-24-21(22-2)25-14-16-6-8-17(9-7-16)20(28)26(3)4;/h6-10,13H,5,11-12,14H2,1-4H3,(H,23,27)(H2,22,24,25);1H. The maximum absolute atomic E-state index is 12.0. The molecule has 0 aliphatic carbocycles. The molecule has 0 spiro atoms. The maximum Gasteiger partial charge on any atom is 0.287 e. The lowest BCUT2D eigenvalue weighted by Gasteiger charge is -2.13. The molecular weight excluding hydrogens is 497 g/mol. The van der Waals surface area contributed by atoms with Gasteiger partial charge in [0, 0.05) is 51.9 Å². The normalized spacial score (nSPS) is 10.7. The summed E-state index contributed by atoms with van der Waals surface area (Å²) in [6, 6.07) is 9.24. The Bertz CT molecular complexity index is 847. The molecule has 1 aromatic carbocycles. The zero-order valence-corrected chi connectivity index (χ0v) is 20.2. The van der Waals surface area contributed by atoms with Crippen LogP contribution in [0.2, 0.25) is 0 Å². The third kappa shape index (κ3) is 7.69. The molecule has 0 fully saturated rings. The topological polar surface area (TPSA) is 99.0 Å². The highest BCUT2D eigenvalue weighted by Gasteiger charge is 2.11.